The van der Waals surface area contributed by atoms with Gasteiger partial charge in [0, 0.05) is 13.1 Å². The van der Waals surface area contributed by atoms with Crippen LogP contribution in [0.5, 0.6) is 0 Å². The molecular formula is C26H31N3O3. The molecule has 2 aromatic rings. The van der Waals surface area contributed by atoms with Gasteiger partial charge in [0.2, 0.25) is 5.91 Å². The Morgan fingerprint density at radius 2 is 1.62 bits per heavy atom. The van der Waals surface area contributed by atoms with Crippen LogP contribution >= 0.6 is 0 Å². The van der Waals surface area contributed by atoms with Crippen molar-refractivity contribution in [1.82, 2.24) is 15.1 Å². The third kappa shape index (κ3) is 4.40. The van der Waals surface area contributed by atoms with Gasteiger partial charge in [-0.15, -0.1) is 0 Å². The quantitative estimate of drug-likeness (QED) is 0.677. The summed E-state index contributed by atoms with van der Waals surface area (Å²) < 4.78 is 0. The number of hydrogen-bond acceptors (Lipinski definition) is 3. The minimum atomic E-state index is -1.09. The number of piperidine rings is 1. The largest absolute Gasteiger partial charge is 0.341 e. The monoisotopic (exact) mass is 433 g/mol. The van der Waals surface area contributed by atoms with E-state index in [0.717, 1.165) is 36.1 Å². The van der Waals surface area contributed by atoms with Gasteiger partial charge in [-0.3, -0.25) is 14.5 Å². The minimum absolute atomic E-state index is 0.160. The van der Waals surface area contributed by atoms with Gasteiger partial charge in [-0.2, -0.15) is 0 Å². The number of hydrogen-bond donors (Lipinski definition) is 1. The summed E-state index contributed by atoms with van der Waals surface area (Å²) in [6.07, 6.45) is 4.12. The van der Waals surface area contributed by atoms with Crippen LogP contribution in [0.1, 0.15) is 43.7 Å². The van der Waals surface area contributed by atoms with E-state index in [1.807, 2.05) is 43.3 Å². The van der Waals surface area contributed by atoms with Crippen molar-refractivity contribution >= 4 is 17.8 Å². The summed E-state index contributed by atoms with van der Waals surface area (Å²) in [5.74, 6) is 0.0586. The molecule has 6 heteroatoms. The van der Waals surface area contributed by atoms with Gasteiger partial charge in [0.15, 0.2) is 0 Å². The number of rotatable bonds is 7. The minimum Gasteiger partial charge on any atom is -0.341 e. The molecule has 2 heterocycles. The molecule has 0 spiro atoms. The average Bonchev–Trinajstić information content (AvgIpc) is 3.06. The maximum absolute atomic E-state index is 13.4. The Balaban J connectivity index is 1.38. The van der Waals surface area contributed by atoms with Crippen molar-refractivity contribution in [2.75, 3.05) is 19.6 Å². The van der Waals surface area contributed by atoms with Crippen LogP contribution in [0.4, 0.5) is 4.79 Å². The van der Waals surface area contributed by atoms with Crippen molar-refractivity contribution in [3.8, 4) is 0 Å². The Kier molecular flexibility index (Phi) is 6.58. The lowest BCUT2D eigenvalue weighted by Crippen LogP contribution is -2.47. The fourth-order valence-electron chi connectivity index (χ4n) is 4.95. The van der Waals surface area contributed by atoms with E-state index in [-0.39, 0.29) is 18.4 Å². The van der Waals surface area contributed by atoms with Crippen LogP contribution in [0.2, 0.25) is 0 Å². The molecule has 0 radical (unpaired) electrons. The molecule has 4 rings (SSSR count). The molecule has 0 bridgehead atoms. The summed E-state index contributed by atoms with van der Waals surface area (Å²) in [6, 6.07) is 19.3. The van der Waals surface area contributed by atoms with Crippen molar-refractivity contribution in [2.24, 2.45) is 5.92 Å². The smallest absolute Gasteiger partial charge is 0.325 e. The fourth-order valence-corrected chi connectivity index (χ4v) is 4.95. The number of carbonyl (C=O) groups is 3. The first kappa shape index (κ1) is 22.1. The zero-order valence-electron chi connectivity index (χ0n) is 18.6. The van der Waals surface area contributed by atoms with Crippen LogP contribution in [-0.4, -0.2) is 47.3 Å². The average molecular weight is 434 g/mol. The second-order valence-corrected chi connectivity index (χ2v) is 8.86. The summed E-state index contributed by atoms with van der Waals surface area (Å²) in [4.78, 5) is 42.0. The molecule has 6 nitrogen and oxygen atoms in total. The molecule has 2 saturated heterocycles. The number of carbonyl (C=O) groups excluding carboxylic acids is 3. The van der Waals surface area contributed by atoms with Crippen LogP contribution in [-0.2, 0) is 21.5 Å². The van der Waals surface area contributed by atoms with Gasteiger partial charge in [-0.1, -0.05) is 74.0 Å². The molecule has 2 fully saturated rings. The van der Waals surface area contributed by atoms with Crippen molar-refractivity contribution in [3.05, 3.63) is 71.8 Å². The molecule has 1 N–H and O–H groups in total. The lowest BCUT2D eigenvalue weighted by molar-refractivity contribution is -0.140. The lowest BCUT2D eigenvalue weighted by atomic mass is 9.85. The van der Waals surface area contributed by atoms with Crippen LogP contribution < -0.4 is 5.32 Å². The highest BCUT2D eigenvalue weighted by atomic mass is 16.2. The van der Waals surface area contributed by atoms with E-state index in [1.54, 1.807) is 4.90 Å². The first-order valence-corrected chi connectivity index (χ1v) is 11.5. The number of amides is 4. The molecule has 4 amide bonds. The van der Waals surface area contributed by atoms with Gasteiger partial charge in [0.1, 0.15) is 12.1 Å². The van der Waals surface area contributed by atoms with Crippen LogP contribution in [0, 0.1) is 5.92 Å². The zero-order valence-corrected chi connectivity index (χ0v) is 18.6. The van der Waals surface area contributed by atoms with Crippen LogP contribution in [0.3, 0.4) is 0 Å². The molecule has 0 unspecified atom stereocenters. The standard InChI is InChI=1S/C26H31N3O3/c1-2-15-26(22-11-7-4-8-12-22)24(31)29(25(32)27-26)19-23(30)28-16-13-21(14-17-28)18-20-9-5-3-6-10-20/h3-12,21H,2,13-19H2,1H3,(H,27,32)/t26-/m1/s1. The third-order valence-corrected chi connectivity index (χ3v) is 6.70. The van der Waals surface area contributed by atoms with E-state index in [0.29, 0.717) is 25.4 Å². The Morgan fingerprint density at radius 1 is 1.00 bits per heavy atom. The number of nitrogens with zero attached hydrogens (tertiary/aromatic N) is 2. The Bertz CT molecular complexity index is 955. The van der Waals surface area contributed by atoms with Crippen LogP contribution in [0.25, 0.3) is 0 Å². The summed E-state index contributed by atoms with van der Waals surface area (Å²) in [7, 11) is 0. The molecule has 168 valence electrons. The second-order valence-electron chi connectivity index (χ2n) is 8.86. The van der Waals surface area contributed by atoms with E-state index < -0.39 is 11.6 Å². The first-order chi connectivity index (χ1) is 15.5. The van der Waals surface area contributed by atoms with Crippen molar-refractivity contribution in [1.29, 1.82) is 0 Å². The summed E-state index contributed by atoms with van der Waals surface area (Å²) in [6.45, 7) is 3.11. The zero-order chi connectivity index (χ0) is 22.6. The second kappa shape index (κ2) is 9.55. The number of likely N-dealkylation sites (tertiary alicyclic amines) is 1. The maximum Gasteiger partial charge on any atom is 0.325 e. The van der Waals surface area contributed by atoms with Gasteiger partial charge < -0.3 is 10.2 Å². The summed E-state index contributed by atoms with van der Waals surface area (Å²) in [5.41, 5.74) is 0.998. The number of urea groups is 1. The maximum atomic E-state index is 13.4. The fraction of sp³-hybridized carbons (Fsp3) is 0.423. The highest BCUT2D eigenvalue weighted by Crippen LogP contribution is 2.33. The Morgan fingerprint density at radius 3 is 2.25 bits per heavy atom. The summed E-state index contributed by atoms with van der Waals surface area (Å²) in [5, 5.41) is 2.89. The first-order valence-electron chi connectivity index (χ1n) is 11.5. The number of nitrogens with one attached hydrogen (secondary N) is 1. The molecule has 2 aromatic carbocycles. The van der Waals surface area contributed by atoms with Gasteiger partial charge in [0.05, 0.1) is 0 Å². The molecule has 0 aromatic heterocycles. The van der Waals surface area contributed by atoms with E-state index in [2.05, 4.69) is 29.6 Å². The van der Waals surface area contributed by atoms with Crippen molar-refractivity contribution in [2.45, 2.75) is 44.6 Å². The Labute approximate surface area is 189 Å². The number of imide groups is 1. The SMILES string of the molecule is CCC[C@]1(c2ccccc2)NC(=O)N(CC(=O)N2CCC(Cc3ccccc3)CC2)C1=O. The van der Waals surface area contributed by atoms with E-state index in [1.165, 1.54) is 5.56 Å². The van der Waals surface area contributed by atoms with Crippen LogP contribution in [0.15, 0.2) is 60.7 Å². The highest BCUT2D eigenvalue weighted by Gasteiger charge is 2.52. The predicted molar refractivity (Wildman–Crippen MR) is 123 cm³/mol. The molecule has 2 aliphatic rings. The molecule has 32 heavy (non-hydrogen) atoms. The topological polar surface area (TPSA) is 69.7 Å². The lowest BCUT2D eigenvalue weighted by Gasteiger charge is -2.33. The van der Waals surface area contributed by atoms with E-state index in [9.17, 15) is 14.4 Å². The molecule has 0 saturated carbocycles. The van der Waals surface area contributed by atoms with Crippen molar-refractivity contribution in [3.63, 3.8) is 0 Å². The third-order valence-electron chi connectivity index (χ3n) is 6.70. The normalized spacial score (nSPS) is 21.7. The Hall–Kier alpha value is -3.15. The molecule has 0 aliphatic carbocycles. The molecular weight excluding hydrogens is 402 g/mol. The predicted octanol–water partition coefficient (Wildman–Crippen LogP) is 3.72. The summed E-state index contributed by atoms with van der Waals surface area (Å²) >= 11 is 0. The highest BCUT2D eigenvalue weighted by molar-refractivity contribution is 6.09. The van der Waals surface area contributed by atoms with Gasteiger partial charge >= 0.3 is 6.03 Å². The van der Waals surface area contributed by atoms with Gasteiger partial charge in [-0.05, 0) is 42.7 Å². The van der Waals surface area contributed by atoms with Crippen molar-refractivity contribution < 1.29 is 14.4 Å². The van der Waals surface area contributed by atoms with E-state index in [4.69, 9.17) is 0 Å². The molecule has 2 aliphatic heterocycles. The van der Waals surface area contributed by atoms with E-state index >= 15 is 0 Å². The number of benzene rings is 2. The molecule has 1 atom stereocenters. The van der Waals surface area contributed by atoms with Gasteiger partial charge in [0.25, 0.3) is 5.91 Å². The van der Waals surface area contributed by atoms with Gasteiger partial charge in [-0.25, -0.2) is 4.79 Å².